The molecule has 0 saturated carbocycles. The predicted molar refractivity (Wildman–Crippen MR) is 86.8 cm³/mol. The highest BCUT2D eigenvalue weighted by Gasteiger charge is 2.33. The summed E-state index contributed by atoms with van der Waals surface area (Å²) in [6.07, 6.45) is 0.945. The van der Waals surface area contributed by atoms with E-state index in [1.807, 2.05) is 30.0 Å². The number of likely N-dealkylation sites (tertiary alicyclic amines) is 1. The van der Waals surface area contributed by atoms with Crippen molar-refractivity contribution in [2.24, 2.45) is 11.7 Å². The molecule has 1 fully saturated rings. The molecular formula is C17H19ClN2O2. The SMILES string of the molecule is CC1CC(CN)CN1C(=O)c1ccc(-c2ccccc2Cl)o1. The van der Waals surface area contributed by atoms with Crippen molar-refractivity contribution in [1.29, 1.82) is 0 Å². The van der Waals surface area contributed by atoms with Gasteiger partial charge in [-0.05, 0) is 50.1 Å². The zero-order chi connectivity index (χ0) is 15.7. The molecule has 2 atom stereocenters. The summed E-state index contributed by atoms with van der Waals surface area (Å²) in [5.41, 5.74) is 6.51. The second-order valence-corrected chi connectivity index (χ2v) is 6.19. The van der Waals surface area contributed by atoms with Crippen LogP contribution in [0.3, 0.4) is 0 Å². The van der Waals surface area contributed by atoms with Crippen molar-refractivity contribution < 1.29 is 9.21 Å². The van der Waals surface area contributed by atoms with Crippen LogP contribution in [0.5, 0.6) is 0 Å². The third-order valence-electron chi connectivity index (χ3n) is 4.21. The normalized spacial score (nSPS) is 21.3. The van der Waals surface area contributed by atoms with Crippen molar-refractivity contribution in [3.63, 3.8) is 0 Å². The molecule has 0 radical (unpaired) electrons. The molecule has 0 aliphatic carbocycles. The molecule has 0 bridgehead atoms. The van der Waals surface area contributed by atoms with E-state index < -0.39 is 0 Å². The van der Waals surface area contributed by atoms with Crippen molar-refractivity contribution in [3.8, 4) is 11.3 Å². The van der Waals surface area contributed by atoms with Gasteiger partial charge in [-0.1, -0.05) is 23.7 Å². The summed E-state index contributed by atoms with van der Waals surface area (Å²) >= 11 is 6.17. The van der Waals surface area contributed by atoms with Crippen molar-refractivity contribution in [1.82, 2.24) is 4.90 Å². The van der Waals surface area contributed by atoms with Gasteiger partial charge in [0.25, 0.3) is 5.91 Å². The van der Waals surface area contributed by atoms with Gasteiger partial charge in [-0.15, -0.1) is 0 Å². The van der Waals surface area contributed by atoms with E-state index in [1.165, 1.54) is 0 Å². The van der Waals surface area contributed by atoms with Gasteiger partial charge in [0.15, 0.2) is 5.76 Å². The molecule has 116 valence electrons. The summed E-state index contributed by atoms with van der Waals surface area (Å²) < 4.78 is 5.74. The molecule has 2 heterocycles. The van der Waals surface area contributed by atoms with Gasteiger partial charge in [0.05, 0.1) is 5.02 Å². The summed E-state index contributed by atoms with van der Waals surface area (Å²) in [6, 6.07) is 11.1. The summed E-state index contributed by atoms with van der Waals surface area (Å²) in [5, 5.41) is 0.605. The van der Waals surface area contributed by atoms with E-state index in [-0.39, 0.29) is 11.9 Å². The van der Waals surface area contributed by atoms with E-state index in [0.29, 0.717) is 35.6 Å². The van der Waals surface area contributed by atoms with Gasteiger partial charge < -0.3 is 15.1 Å². The van der Waals surface area contributed by atoms with Crippen LogP contribution < -0.4 is 5.73 Å². The highest BCUT2D eigenvalue weighted by atomic mass is 35.5. The lowest BCUT2D eigenvalue weighted by Crippen LogP contribution is -2.34. The van der Waals surface area contributed by atoms with Crippen LogP contribution in [0.1, 0.15) is 23.9 Å². The zero-order valence-corrected chi connectivity index (χ0v) is 13.2. The fraction of sp³-hybridized carbons (Fsp3) is 0.353. The lowest BCUT2D eigenvalue weighted by molar-refractivity contribution is 0.0712. The maximum Gasteiger partial charge on any atom is 0.289 e. The lowest BCUT2D eigenvalue weighted by Gasteiger charge is -2.20. The summed E-state index contributed by atoms with van der Waals surface area (Å²) in [7, 11) is 0. The molecule has 1 aliphatic heterocycles. The second-order valence-electron chi connectivity index (χ2n) is 5.79. The van der Waals surface area contributed by atoms with Crippen LogP contribution in [0.15, 0.2) is 40.8 Å². The van der Waals surface area contributed by atoms with E-state index in [4.69, 9.17) is 21.8 Å². The molecule has 1 aromatic carbocycles. The van der Waals surface area contributed by atoms with E-state index >= 15 is 0 Å². The highest BCUT2D eigenvalue weighted by molar-refractivity contribution is 6.33. The summed E-state index contributed by atoms with van der Waals surface area (Å²) in [5.74, 6) is 1.24. The Morgan fingerprint density at radius 3 is 2.82 bits per heavy atom. The molecule has 1 saturated heterocycles. The van der Waals surface area contributed by atoms with E-state index in [1.54, 1.807) is 18.2 Å². The molecule has 0 spiro atoms. The number of carbonyl (C=O) groups excluding carboxylic acids is 1. The van der Waals surface area contributed by atoms with Crippen LogP contribution in [0, 0.1) is 5.92 Å². The number of furan rings is 1. The van der Waals surface area contributed by atoms with E-state index in [9.17, 15) is 4.79 Å². The van der Waals surface area contributed by atoms with E-state index in [0.717, 1.165) is 12.0 Å². The summed E-state index contributed by atoms with van der Waals surface area (Å²) in [6.45, 7) is 3.35. The van der Waals surface area contributed by atoms with Gasteiger partial charge in [-0.3, -0.25) is 4.79 Å². The van der Waals surface area contributed by atoms with Crippen molar-refractivity contribution in [2.45, 2.75) is 19.4 Å². The molecule has 2 unspecified atom stereocenters. The number of carbonyl (C=O) groups is 1. The summed E-state index contributed by atoms with van der Waals surface area (Å²) in [4.78, 5) is 14.4. The smallest absolute Gasteiger partial charge is 0.289 e. The van der Waals surface area contributed by atoms with Crippen molar-refractivity contribution in [3.05, 3.63) is 47.2 Å². The molecule has 1 aromatic heterocycles. The Balaban J connectivity index is 1.82. The molecule has 22 heavy (non-hydrogen) atoms. The third kappa shape index (κ3) is 2.76. The fourth-order valence-electron chi connectivity index (χ4n) is 3.00. The molecule has 3 rings (SSSR count). The maximum atomic E-state index is 12.6. The molecular weight excluding hydrogens is 300 g/mol. The molecule has 5 heteroatoms. The Labute approximate surface area is 134 Å². The first-order valence-electron chi connectivity index (χ1n) is 7.46. The molecule has 1 amide bonds. The van der Waals surface area contributed by atoms with Crippen LogP contribution in [-0.4, -0.2) is 29.9 Å². The molecule has 2 aromatic rings. The number of rotatable bonds is 3. The number of amides is 1. The Hall–Kier alpha value is -1.78. The third-order valence-corrected chi connectivity index (χ3v) is 4.54. The maximum absolute atomic E-state index is 12.6. The lowest BCUT2D eigenvalue weighted by atomic mass is 10.1. The van der Waals surface area contributed by atoms with Gasteiger partial charge >= 0.3 is 0 Å². The minimum Gasteiger partial charge on any atom is -0.451 e. The van der Waals surface area contributed by atoms with Crippen LogP contribution in [-0.2, 0) is 0 Å². The first kappa shape index (κ1) is 15.1. The van der Waals surface area contributed by atoms with Crippen LogP contribution in [0.25, 0.3) is 11.3 Å². The Morgan fingerprint density at radius 1 is 1.36 bits per heavy atom. The number of hydrogen-bond acceptors (Lipinski definition) is 3. The van der Waals surface area contributed by atoms with Crippen molar-refractivity contribution in [2.75, 3.05) is 13.1 Å². The molecule has 2 N–H and O–H groups in total. The topological polar surface area (TPSA) is 59.5 Å². The Bertz CT molecular complexity index is 683. The van der Waals surface area contributed by atoms with Crippen LogP contribution >= 0.6 is 11.6 Å². The van der Waals surface area contributed by atoms with Gasteiger partial charge in [0.2, 0.25) is 0 Å². The van der Waals surface area contributed by atoms with Crippen LogP contribution in [0.4, 0.5) is 0 Å². The van der Waals surface area contributed by atoms with Crippen molar-refractivity contribution >= 4 is 17.5 Å². The zero-order valence-electron chi connectivity index (χ0n) is 12.5. The quantitative estimate of drug-likeness (QED) is 0.943. The largest absolute Gasteiger partial charge is 0.451 e. The van der Waals surface area contributed by atoms with Gasteiger partial charge in [-0.2, -0.15) is 0 Å². The first-order valence-corrected chi connectivity index (χ1v) is 7.83. The standard InChI is InChI=1S/C17H19ClN2O2/c1-11-8-12(9-19)10-20(11)17(21)16-7-6-15(22-16)13-4-2-3-5-14(13)18/h2-7,11-12H,8-10,19H2,1H3. The van der Waals surface area contributed by atoms with Gasteiger partial charge in [-0.25, -0.2) is 0 Å². The first-order chi connectivity index (χ1) is 10.6. The fourth-order valence-corrected chi connectivity index (χ4v) is 3.23. The molecule has 1 aliphatic rings. The number of nitrogens with two attached hydrogens (primary N) is 1. The number of nitrogens with zero attached hydrogens (tertiary/aromatic N) is 1. The van der Waals surface area contributed by atoms with E-state index in [2.05, 4.69) is 0 Å². The average Bonchev–Trinajstić information content (AvgIpc) is 3.14. The minimum absolute atomic E-state index is 0.0817. The highest BCUT2D eigenvalue weighted by Crippen LogP contribution is 2.30. The Morgan fingerprint density at radius 2 is 2.14 bits per heavy atom. The Kier molecular flexibility index (Phi) is 4.23. The number of halogens is 1. The number of hydrogen-bond donors (Lipinski definition) is 1. The second kappa shape index (κ2) is 6.15. The molecule has 4 nitrogen and oxygen atoms in total. The van der Waals surface area contributed by atoms with Gasteiger partial charge in [0, 0.05) is 18.2 Å². The van der Waals surface area contributed by atoms with Crippen LogP contribution in [0.2, 0.25) is 5.02 Å². The van der Waals surface area contributed by atoms with Gasteiger partial charge in [0.1, 0.15) is 5.76 Å². The predicted octanol–water partition coefficient (Wildman–Crippen LogP) is 3.41. The number of benzene rings is 1. The monoisotopic (exact) mass is 318 g/mol. The average molecular weight is 319 g/mol. The minimum atomic E-state index is -0.0817.